The number of hydrogen-bond acceptors (Lipinski definition) is 5. The van der Waals surface area contributed by atoms with Gasteiger partial charge in [-0.3, -0.25) is 4.79 Å². The number of carbonyl (C=O) groups is 1. The van der Waals surface area contributed by atoms with E-state index in [-0.39, 0.29) is 29.1 Å². The number of hydrogen-bond donors (Lipinski definition) is 2. The number of morpholine rings is 1. The van der Waals surface area contributed by atoms with Gasteiger partial charge >= 0.3 is 0 Å². The number of halogens is 1. The van der Waals surface area contributed by atoms with E-state index in [0.717, 1.165) is 48.4 Å². The second-order valence-electron chi connectivity index (χ2n) is 11.8. The Bertz CT molecular complexity index is 1140. The zero-order valence-electron chi connectivity index (χ0n) is 21.8. The highest BCUT2D eigenvalue weighted by molar-refractivity contribution is 5.95. The monoisotopic (exact) mass is 495 g/mol. The van der Waals surface area contributed by atoms with Crippen LogP contribution in [-0.4, -0.2) is 60.9 Å². The molecule has 3 aliphatic heterocycles. The Hall–Kier alpha value is -2.64. The summed E-state index contributed by atoms with van der Waals surface area (Å²) in [7, 11) is 0. The lowest BCUT2D eigenvalue weighted by Gasteiger charge is -2.39. The Balaban J connectivity index is 1.37. The van der Waals surface area contributed by atoms with Crippen molar-refractivity contribution in [3.63, 3.8) is 0 Å². The molecule has 5 rings (SSSR count). The SMILES string of the molecule is CC1(C)CC(c2cc(F)cc(N3CCOCC3)c2)Nc2ccc(C(=O)N3CCC(C(C)(C)O)C3)cc21. The van der Waals surface area contributed by atoms with Crippen LogP contribution in [0.1, 0.15) is 68.1 Å². The van der Waals surface area contributed by atoms with Gasteiger partial charge in [-0.25, -0.2) is 4.39 Å². The largest absolute Gasteiger partial charge is 0.390 e. The smallest absolute Gasteiger partial charge is 0.253 e. The summed E-state index contributed by atoms with van der Waals surface area (Å²) < 4.78 is 20.1. The van der Waals surface area contributed by atoms with Crippen LogP contribution in [0.5, 0.6) is 0 Å². The number of likely N-dealkylation sites (tertiary alicyclic amines) is 1. The molecule has 0 spiro atoms. The summed E-state index contributed by atoms with van der Waals surface area (Å²) in [5, 5.41) is 14.0. The van der Waals surface area contributed by atoms with Gasteiger partial charge in [0.15, 0.2) is 0 Å². The van der Waals surface area contributed by atoms with Crippen molar-refractivity contribution >= 4 is 17.3 Å². The van der Waals surface area contributed by atoms with Crippen molar-refractivity contribution in [2.75, 3.05) is 49.6 Å². The first kappa shape index (κ1) is 25.0. The number of benzene rings is 2. The van der Waals surface area contributed by atoms with Crippen molar-refractivity contribution in [3.8, 4) is 0 Å². The number of nitrogens with zero attached hydrogens (tertiary/aromatic N) is 2. The summed E-state index contributed by atoms with van der Waals surface area (Å²) in [5.41, 5.74) is 3.62. The fourth-order valence-electron chi connectivity index (χ4n) is 5.93. The first-order valence-electron chi connectivity index (χ1n) is 13.1. The molecule has 7 heteroatoms. The predicted octanol–water partition coefficient (Wildman–Crippen LogP) is 4.73. The van der Waals surface area contributed by atoms with Crippen LogP contribution in [0.2, 0.25) is 0 Å². The topological polar surface area (TPSA) is 65.0 Å². The van der Waals surface area contributed by atoms with Gasteiger partial charge in [0.2, 0.25) is 0 Å². The number of amides is 1. The molecule has 194 valence electrons. The van der Waals surface area contributed by atoms with E-state index in [4.69, 9.17) is 4.74 Å². The third-order valence-electron chi connectivity index (χ3n) is 8.20. The molecule has 2 N–H and O–H groups in total. The highest BCUT2D eigenvalue weighted by atomic mass is 19.1. The van der Waals surface area contributed by atoms with Crippen LogP contribution in [0.25, 0.3) is 0 Å². The minimum Gasteiger partial charge on any atom is -0.390 e. The Morgan fingerprint density at radius 2 is 1.89 bits per heavy atom. The number of anilines is 2. The summed E-state index contributed by atoms with van der Waals surface area (Å²) in [6, 6.07) is 11.2. The van der Waals surface area contributed by atoms with Crippen molar-refractivity contribution in [2.24, 2.45) is 5.92 Å². The molecule has 3 heterocycles. The molecule has 0 radical (unpaired) electrons. The molecule has 0 aromatic heterocycles. The molecule has 2 unspecified atom stereocenters. The van der Waals surface area contributed by atoms with Gasteiger partial charge in [0.05, 0.1) is 24.9 Å². The van der Waals surface area contributed by atoms with Crippen molar-refractivity contribution in [2.45, 2.75) is 57.6 Å². The summed E-state index contributed by atoms with van der Waals surface area (Å²) in [5.74, 6) is -0.121. The summed E-state index contributed by atoms with van der Waals surface area (Å²) in [4.78, 5) is 17.3. The van der Waals surface area contributed by atoms with Crippen LogP contribution in [0.3, 0.4) is 0 Å². The van der Waals surface area contributed by atoms with E-state index in [2.05, 4.69) is 30.1 Å². The van der Waals surface area contributed by atoms with Crippen LogP contribution in [0, 0.1) is 11.7 Å². The first-order valence-corrected chi connectivity index (χ1v) is 13.1. The molecule has 2 aromatic carbocycles. The van der Waals surface area contributed by atoms with Gasteiger partial charge in [0.25, 0.3) is 5.91 Å². The van der Waals surface area contributed by atoms with Gasteiger partial charge in [-0.1, -0.05) is 13.8 Å². The number of ether oxygens (including phenoxy) is 1. The Morgan fingerprint density at radius 1 is 1.14 bits per heavy atom. The maximum absolute atomic E-state index is 14.7. The van der Waals surface area contributed by atoms with E-state index < -0.39 is 5.60 Å². The molecular weight excluding hydrogens is 457 g/mol. The van der Waals surface area contributed by atoms with E-state index in [9.17, 15) is 14.3 Å². The van der Waals surface area contributed by atoms with Gasteiger partial charge in [0, 0.05) is 49.0 Å². The lowest BCUT2D eigenvalue weighted by atomic mass is 9.73. The van der Waals surface area contributed by atoms with Crippen LogP contribution in [0.15, 0.2) is 36.4 Å². The molecule has 6 nitrogen and oxygen atoms in total. The standard InChI is InChI=1S/C29H38FN3O3/c1-28(2)17-26(20-13-22(30)16-23(14-20)32-9-11-36-12-10-32)31-25-6-5-19(15-24(25)28)27(34)33-8-7-21(18-33)29(3,4)35/h5-6,13-16,21,26,31,35H,7-12,17-18H2,1-4H3. The quantitative estimate of drug-likeness (QED) is 0.642. The second-order valence-corrected chi connectivity index (χ2v) is 11.8. The molecule has 2 saturated heterocycles. The van der Waals surface area contributed by atoms with Gasteiger partial charge in [-0.15, -0.1) is 0 Å². The summed E-state index contributed by atoms with van der Waals surface area (Å²) in [6.45, 7) is 12.1. The molecule has 0 saturated carbocycles. The highest BCUT2D eigenvalue weighted by Crippen LogP contribution is 2.45. The second kappa shape index (κ2) is 9.34. The molecule has 1 amide bonds. The lowest BCUT2D eigenvalue weighted by Crippen LogP contribution is -2.36. The van der Waals surface area contributed by atoms with E-state index in [1.807, 2.05) is 36.9 Å². The fraction of sp³-hybridized carbons (Fsp3) is 0.552. The summed E-state index contributed by atoms with van der Waals surface area (Å²) >= 11 is 0. The van der Waals surface area contributed by atoms with E-state index in [0.29, 0.717) is 31.9 Å². The van der Waals surface area contributed by atoms with Gasteiger partial charge in [-0.05, 0) is 79.6 Å². The van der Waals surface area contributed by atoms with Crippen LogP contribution < -0.4 is 10.2 Å². The molecular formula is C29H38FN3O3. The Labute approximate surface area is 213 Å². The minimum absolute atomic E-state index is 0.0164. The molecule has 2 fully saturated rings. The molecule has 0 bridgehead atoms. The molecule has 2 atom stereocenters. The maximum atomic E-state index is 14.7. The van der Waals surface area contributed by atoms with Gasteiger partial charge in [0.1, 0.15) is 5.82 Å². The average Bonchev–Trinajstić information content (AvgIpc) is 3.34. The van der Waals surface area contributed by atoms with E-state index >= 15 is 0 Å². The third-order valence-corrected chi connectivity index (χ3v) is 8.20. The number of fused-ring (bicyclic) bond motifs is 1. The number of aliphatic hydroxyl groups is 1. The normalized spacial score (nSPS) is 23.8. The van der Waals surface area contributed by atoms with Gasteiger partial charge < -0.3 is 25.0 Å². The minimum atomic E-state index is -0.787. The molecule has 3 aliphatic rings. The summed E-state index contributed by atoms with van der Waals surface area (Å²) in [6.07, 6.45) is 1.60. The fourth-order valence-corrected chi connectivity index (χ4v) is 5.93. The Kier molecular flexibility index (Phi) is 6.50. The van der Waals surface area contributed by atoms with Crippen LogP contribution in [0.4, 0.5) is 15.8 Å². The molecule has 0 aliphatic carbocycles. The van der Waals surface area contributed by atoms with Crippen molar-refractivity contribution in [3.05, 3.63) is 58.9 Å². The van der Waals surface area contributed by atoms with Crippen molar-refractivity contribution < 1.29 is 19.0 Å². The number of carbonyl (C=O) groups excluding carboxylic acids is 1. The number of nitrogens with one attached hydrogen (secondary N) is 1. The van der Waals surface area contributed by atoms with E-state index in [1.54, 1.807) is 12.1 Å². The van der Waals surface area contributed by atoms with E-state index in [1.165, 1.54) is 0 Å². The van der Waals surface area contributed by atoms with Crippen molar-refractivity contribution in [1.29, 1.82) is 0 Å². The zero-order valence-corrected chi connectivity index (χ0v) is 21.8. The van der Waals surface area contributed by atoms with Gasteiger partial charge in [-0.2, -0.15) is 0 Å². The highest BCUT2D eigenvalue weighted by Gasteiger charge is 2.37. The maximum Gasteiger partial charge on any atom is 0.253 e. The predicted molar refractivity (Wildman–Crippen MR) is 140 cm³/mol. The average molecular weight is 496 g/mol. The Morgan fingerprint density at radius 3 is 2.58 bits per heavy atom. The first-order chi connectivity index (χ1) is 17.0. The number of rotatable bonds is 4. The van der Waals surface area contributed by atoms with Crippen LogP contribution in [-0.2, 0) is 10.2 Å². The molecule has 2 aromatic rings. The van der Waals surface area contributed by atoms with Crippen LogP contribution >= 0.6 is 0 Å². The lowest BCUT2D eigenvalue weighted by molar-refractivity contribution is 0.0211. The molecule has 36 heavy (non-hydrogen) atoms. The third kappa shape index (κ3) is 4.96. The van der Waals surface area contributed by atoms with Crippen molar-refractivity contribution in [1.82, 2.24) is 4.90 Å². The zero-order chi connectivity index (χ0) is 25.7.